The number of rotatable bonds is 6. The lowest BCUT2D eigenvalue weighted by Crippen LogP contribution is -2.35. The van der Waals surface area contributed by atoms with Crippen molar-refractivity contribution >= 4 is 0 Å². The average molecular weight is 324 g/mol. The van der Waals surface area contributed by atoms with Crippen molar-refractivity contribution in [2.75, 3.05) is 13.2 Å². The van der Waals surface area contributed by atoms with Crippen LogP contribution in [0, 0.1) is 17.2 Å². The molecule has 0 bridgehead atoms. The van der Waals surface area contributed by atoms with Crippen molar-refractivity contribution in [3.63, 3.8) is 0 Å². The van der Waals surface area contributed by atoms with Gasteiger partial charge in [0, 0.05) is 43.6 Å². The second kappa shape index (κ2) is 7.61. The molecule has 1 fully saturated rings. The van der Waals surface area contributed by atoms with Crippen LogP contribution in [-0.2, 0) is 18.3 Å². The van der Waals surface area contributed by atoms with Crippen LogP contribution in [0.1, 0.15) is 30.9 Å². The standard InChI is InChI=1S/C19H24N4O/c1-3-18(16-8-9-24-13-16)21-11-17-12-23(2)22-19(17)15-6-4-14(10-20)5-7-15/h4-7,12,16,18,21H,3,8-9,11,13H2,1-2H3/t16-,18-/m1/s1. The van der Waals surface area contributed by atoms with E-state index < -0.39 is 0 Å². The smallest absolute Gasteiger partial charge is 0.0991 e. The van der Waals surface area contributed by atoms with Crippen LogP contribution in [-0.4, -0.2) is 29.0 Å². The Hall–Kier alpha value is -2.16. The quantitative estimate of drug-likeness (QED) is 0.887. The number of benzene rings is 1. The van der Waals surface area contributed by atoms with Crippen LogP contribution in [0.5, 0.6) is 0 Å². The Bertz CT molecular complexity index is 708. The van der Waals surface area contributed by atoms with Gasteiger partial charge in [0.25, 0.3) is 0 Å². The SMILES string of the molecule is CC[C@@H](NCc1cn(C)nc1-c1ccc(C#N)cc1)[C@@H]1CCOC1. The van der Waals surface area contributed by atoms with Gasteiger partial charge in [-0.05, 0) is 30.9 Å². The highest BCUT2D eigenvalue weighted by atomic mass is 16.5. The number of nitrogens with one attached hydrogen (secondary N) is 1. The molecule has 5 nitrogen and oxygen atoms in total. The Morgan fingerprint density at radius 1 is 1.42 bits per heavy atom. The van der Waals surface area contributed by atoms with Gasteiger partial charge in [-0.25, -0.2) is 0 Å². The number of nitrogens with zero attached hydrogens (tertiary/aromatic N) is 3. The molecule has 24 heavy (non-hydrogen) atoms. The van der Waals surface area contributed by atoms with Gasteiger partial charge in [0.1, 0.15) is 0 Å². The summed E-state index contributed by atoms with van der Waals surface area (Å²) in [6.07, 6.45) is 4.31. The molecule has 0 amide bonds. The highest BCUT2D eigenvalue weighted by Gasteiger charge is 2.24. The largest absolute Gasteiger partial charge is 0.381 e. The first-order valence-corrected chi connectivity index (χ1v) is 8.55. The van der Waals surface area contributed by atoms with E-state index in [0.29, 0.717) is 17.5 Å². The van der Waals surface area contributed by atoms with Crippen molar-refractivity contribution in [1.82, 2.24) is 15.1 Å². The fourth-order valence-corrected chi connectivity index (χ4v) is 3.37. The second-order valence-corrected chi connectivity index (χ2v) is 6.39. The van der Waals surface area contributed by atoms with E-state index in [0.717, 1.165) is 43.9 Å². The molecule has 0 unspecified atom stereocenters. The Kier molecular flexibility index (Phi) is 5.29. The van der Waals surface area contributed by atoms with Crippen LogP contribution in [0.15, 0.2) is 30.5 Å². The zero-order chi connectivity index (χ0) is 16.9. The summed E-state index contributed by atoms with van der Waals surface area (Å²) in [6.45, 7) is 4.76. The minimum atomic E-state index is 0.474. The summed E-state index contributed by atoms with van der Waals surface area (Å²) in [7, 11) is 1.94. The van der Waals surface area contributed by atoms with Crippen LogP contribution in [0.3, 0.4) is 0 Å². The third-order valence-corrected chi connectivity index (χ3v) is 4.72. The summed E-state index contributed by atoms with van der Waals surface area (Å²) in [6, 6.07) is 10.2. The van der Waals surface area contributed by atoms with Crippen molar-refractivity contribution in [3.05, 3.63) is 41.6 Å². The maximum atomic E-state index is 8.94. The van der Waals surface area contributed by atoms with Gasteiger partial charge in [0.2, 0.25) is 0 Å². The number of aryl methyl sites for hydroxylation is 1. The van der Waals surface area contributed by atoms with Crippen LogP contribution in [0.25, 0.3) is 11.3 Å². The maximum absolute atomic E-state index is 8.94. The number of aromatic nitrogens is 2. The van der Waals surface area contributed by atoms with Gasteiger partial charge >= 0.3 is 0 Å². The van der Waals surface area contributed by atoms with E-state index >= 15 is 0 Å². The van der Waals surface area contributed by atoms with E-state index in [-0.39, 0.29) is 0 Å². The summed E-state index contributed by atoms with van der Waals surface area (Å²) in [5.74, 6) is 0.602. The van der Waals surface area contributed by atoms with Crippen molar-refractivity contribution in [1.29, 1.82) is 5.26 Å². The topological polar surface area (TPSA) is 62.9 Å². The molecule has 1 saturated heterocycles. The molecular weight excluding hydrogens is 300 g/mol. The van der Waals surface area contributed by atoms with Gasteiger partial charge in [0.15, 0.2) is 0 Å². The molecule has 1 aliphatic heterocycles. The predicted octanol–water partition coefficient (Wildman–Crippen LogP) is 2.86. The molecule has 0 radical (unpaired) electrons. The first-order valence-electron chi connectivity index (χ1n) is 8.55. The summed E-state index contributed by atoms with van der Waals surface area (Å²) in [5.41, 5.74) is 3.87. The molecule has 1 aromatic carbocycles. The molecule has 2 heterocycles. The zero-order valence-electron chi connectivity index (χ0n) is 14.3. The van der Waals surface area contributed by atoms with E-state index in [1.807, 2.05) is 36.0 Å². The third kappa shape index (κ3) is 3.66. The first kappa shape index (κ1) is 16.7. The Labute approximate surface area is 143 Å². The normalized spacial score (nSPS) is 18.5. The average Bonchev–Trinajstić information content (AvgIpc) is 3.26. The fraction of sp³-hybridized carbons (Fsp3) is 0.474. The van der Waals surface area contributed by atoms with E-state index in [2.05, 4.69) is 29.6 Å². The summed E-state index contributed by atoms with van der Waals surface area (Å²) in [5, 5.41) is 17.2. The van der Waals surface area contributed by atoms with Crippen LogP contribution >= 0.6 is 0 Å². The highest BCUT2D eigenvalue weighted by Crippen LogP contribution is 2.24. The molecule has 1 aromatic heterocycles. The van der Waals surface area contributed by atoms with Crippen LogP contribution in [0.2, 0.25) is 0 Å². The number of hydrogen-bond donors (Lipinski definition) is 1. The van der Waals surface area contributed by atoms with Gasteiger partial charge in [-0.3, -0.25) is 4.68 Å². The molecule has 2 aromatic rings. The van der Waals surface area contributed by atoms with Crippen LogP contribution < -0.4 is 5.32 Å². The number of ether oxygens (including phenoxy) is 1. The van der Waals surface area contributed by atoms with E-state index in [9.17, 15) is 0 Å². The van der Waals surface area contributed by atoms with E-state index in [1.165, 1.54) is 5.56 Å². The van der Waals surface area contributed by atoms with Crippen molar-refractivity contribution in [3.8, 4) is 17.3 Å². The van der Waals surface area contributed by atoms with Gasteiger partial charge < -0.3 is 10.1 Å². The van der Waals surface area contributed by atoms with Crippen molar-refractivity contribution in [2.45, 2.75) is 32.4 Å². The molecule has 0 spiro atoms. The van der Waals surface area contributed by atoms with E-state index in [1.54, 1.807) is 0 Å². The molecule has 0 aliphatic carbocycles. The summed E-state index contributed by atoms with van der Waals surface area (Å²) in [4.78, 5) is 0. The van der Waals surface area contributed by atoms with Gasteiger partial charge in [-0.15, -0.1) is 0 Å². The zero-order valence-corrected chi connectivity index (χ0v) is 14.3. The fourth-order valence-electron chi connectivity index (χ4n) is 3.37. The Balaban J connectivity index is 1.74. The molecular formula is C19H24N4O. The first-order chi connectivity index (χ1) is 11.7. The number of nitriles is 1. The maximum Gasteiger partial charge on any atom is 0.0991 e. The summed E-state index contributed by atoms with van der Waals surface area (Å²) < 4.78 is 7.38. The van der Waals surface area contributed by atoms with Crippen LogP contribution in [0.4, 0.5) is 0 Å². The molecule has 126 valence electrons. The minimum absolute atomic E-state index is 0.474. The van der Waals surface area contributed by atoms with Gasteiger partial charge in [-0.1, -0.05) is 19.1 Å². The lowest BCUT2D eigenvalue weighted by atomic mass is 9.96. The molecule has 1 aliphatic rings. The Morgan fingerprint density at radius 2 is 2.21 bits per heavy atom. The highest BCUT2D eigenvalue weighted by molar-refractivity contribution is 5.63. The Morgan fingerprint density at radius 3 is 2.83 bits per heavy atom. The monoisotopic (exact) mass is 324 g/mol. The predicted molar refractivity (Wildman–Crippen MR) is 93.2 cm³/mol. The molecule has 5 heteroatoms. The second-order valence-electron chi connectivity index (χ2n) is 6.39. The molecule has 0 saturated carbocycles. The molecule has 2 atom stereocenters. The minimum Gasteiger partial charge on any atom is -0.381 e. The summed E-state index contributed by atoms with van der Waals surface area (Å²) >= 11 is 0. The van der Waals surface area contributed by atoms with Gasteiger partial charge in [-0.2, -0.15) is 10.4 Å². The van der Waals surface area contributed by atoms with Gasteiger partial charge in [0.05, 0.1) is 23.9 Å². The van der Waals surface area contributed by atoms with E-state index in [4.69, 9.17) is 10.00 Å². The number of hydrogen-bond acceptors (Lipinski definition) is 4. The third-order valence-electron chi connectivity index (χ3n) is 4.72. The molecule has 1 N–H and O–H groups in total. The van der Waals surface area contributed by atoms with Crippen molar-refractivity contribution in [2.24, 2.45) is 13.0 Å². The van der Waals surface area contributed by atoms with Crippen molar-refractivity contribution < 1.29 is 4.74 Å². The molecule has 3 rings (SSSR count). The lowest BCUT2D eigenvalue weighted by Gasteiger charge is -2.22. The lowest BCUT2D eigenvalue weighted by molar-refractivity contribution is 0.175.